The molecule has 1 rings (SSSR count). The van der Waals surface area contributed by atoms with Crippen molar-refractivity contribution in [1.29, 1.82) is 0 Å². The molecule has 20 heavy (non-hydrogen) atoms. The zero-order chi connectivity index (χ0) is 15.2. The molecule has 0 bridgehead atoms. The van der Waals surface area contributed by atoms with Crippen molar-refractivity contribution in [2.24, 2.45) is 0 Å². The molecule has 0 aliphatic heterocycles. The Bertz CT molecular complexity index is 436. The lowest BCUT2D eigenvalue weighted by Crippen LogP contribution is -2.52. The van der Waals surface area contributed by atoms with Gasteiger partial charge in [0.2, 0.25) is 0 Å². The highest BCUT2D eigenvalue weighted by Gasteiger charge is 2.25. The third kappa shape index (κ3) is 4.76. The summed E-state index contributed by atoms with van der Waals surface area (Å²) in [6.07, 6.45) is 2.55. The summed E-state index contributed by atoms with van der Waals surface area (Å²) in [7, 11) is 0. The van der Waals surface area contributed by atoms with Gasteiger partial charge in [0, 0.05) is 5.38 Å². The van der Waals surface area contributed by atoms with Crippen LogP contribution in [0.5, 0.6) is 0 Å². The molecule has 0 fully saturated rings. The highest BCUT2D eigenvalue weighted by atomic mass is 32.1. The van der Waals surface area contributed by atoms with E-state index in [-0.39, 0.29) is 18.7 Å². The van der Waals surface area contributed by atoms with Crippen molar-refractivity contribution in [3.05, 3.63) is 16.1 Å². The van der Waals surface area contributed by atoms with Crippen LogP contribution in [0.25, 0.3) is 0 Å². The number of rotatable bonds is 7. The van der Waals surface area contributed by atoms with Gasteiger partial charge in [-0.05, 0) is 26.7 Å². The Morgan fingerprint density at radius 2 is 2.25 bits per heavy atom. The normalized spacial score (nSPS) is 15.4. The summed E-state index contributed by atoms with van der Waals surface area (Å²) in [6, 6.07) is -0.412. The molecule has 3 N–H and O–H groups in total. The molecule has 0 spiro atoms. The van der Waals surface area contributed by atoms with Gasteiger partial charge >= 0.3 is 6.03 Å². The molecule has 0 aliphatic rings. The van der Waals surface area contributed by atoms with E-state index in [1.165, 1.54) is 0 Å². The lowest BCUT2D eigenvalue weighted by Gasteiger charge is -2.29. The van der Waals surface area contributed by atoms with Gasteiger partial charge in [0.1, 0.15) is 0 Å². The summed E-state index contributed by atoms with van der Waals surface area (Å²) in [6.45, 7) is 7.77. The average molecular weight is 299 g/mol. The van der Waals surface area contributed by atoms with Gasteiger partial charge in [0.25, 0.3) is 0 Å². The summed E-state index contributed by atoms with van der Waals surface area (Å²) in [4.78, 5) is 16.5. The number of hydrogen-bond donors (Lipinski definition) is 3. The first-order valence-electron chi connectivity index (χ1n) is 7.08. The van der Waals surface area contributed by atoms with Crippen LogP contribution in [0.2, 0.25) is 0 Å². The molecule has 1 heterocycles. The third-order valence-corrected chi connectivity index (χ3v) is 4.24. The van der Waals surface area contributed by atoms with Gasteiger partial charge in [-0.3, -0.25) is 0 Å². The van der Waals surface area contributed by atoms with E-state index in [2.05, 4.69) is 22.5 Å². The predicted molar refractivity (Wildman–Crippen MR) is 82.0 cm³/mol. The van der Waals surface area contributed by atoms with Crippen LogP contribution in [-0.2, 0) is 6.42 Å². The molecule has 1 aromatic rings. The Kier molecular flexibility index (Phi) is 6.42. The van der Waals surface area contributed by atoms with Crippen LogP contribution in [0.1, 0.15) is 57.3 Å². The average Bonchev–Trinajstić information content (AvgIpc) is 2.87. The molecule has 0 aliphatic carbocycles. The number of aromatic nitrogens is 1. The topological polar surface area (TPSA) is 74.2 Å². The number of hydrogen-bond acceptors (Lipinski definition) is 4. The largest absolute Gasteiger partial charge is 0.394 e. The first-order chi connectivity index (χ1) is 9.44. The van der Waals surface area contributed by atoms with Crippen LogP contribution in [-0.4, -0.2) is 28.3 Å². The maximum absolute atomic E-state index is 12.0. The SMILES string of the molecule is CCCC(C)(CO)NC(=O)NC(C)c1csc(CC)n1. The molecule has 0 radical (unpaired) electrons. The smallest absolute Gasteiger partial charge is 0.315 e. The van der Waals surface area contributed by atoms with Crippen molar-refractivity contribution in [3.8, 4) is 0 Å². The van der Waals surface area contributed by atoms with Gasteiger partial charge in [-0.25, -0.2) is 9.78 Å². The van der Waals surface area contributed by atoms with Crippen molar-refractivity contribution in [3.63, 3.8) is 0 Å². The second-order valence-electron chi connectivity index (χ2n) is 5.31. The van der Waals surface area contributed by atoms with E-state index in [1.54, 1.807) is 11.3 Å². The van der Waals surface area contributed by atoms with Crippen molar-refractivity contribution in [1.82, 2.24) is 15.6 Å². The van der Waals surface area contributed by atoms with Gasteiger partial charge in [0.15, 0.2) is 0 Å². The summed E-state index contributed by atoms with van der Waals surface area (Å²) < 4.78 is 0. The van der Waals surface area contributed by atoms with Crippen LogP contribution in [0, 0.1) is 0 Å². The Morgan fingerprint density at radius 3 is 2.75 bits per heavy atom. The van der Waals surface area contributed by atoms with Crippen LogP contribution in [0.3, 0.4) is 0 Å². The van der Waals surface area contributed by atoms with Crippen LogP contribution in [0.4, 0.5) is 4.79 Å². The van der Waals surface area contributed by atoms with Gasteiger partial charge in [-0.1, -0.05) is 20.3 Å². The number of nitrogens with one attached hydrogen (secondary N) is 2. The molecule has 0 aromatic carbocycles. The van der Waals surface area contributed by atoms with Crippen molar-refractivity contribution < 1.29 is 9.90 Å². The maximum atomic E-state index is 12.0. The van der Waals surface area contributed by atoms with Crippen molar-refractivity contribution >= 4 is 17.4 Å². The van der Waals surface area contributed by atoms with Gasteiger partial charge in [-0.2, -0.15) is 0 Å². The maximum Gasteiger partial charge on any atom is 0.315 e. The predicted octanol–water partition coefficient (Wildman–Crippen LogP) is 2.62. The fourth-order valence-electron chi connectivity index (χ4n) is 2.00. The lowest BCUT2D eigenvalue weighted by molar-refractivity contribution is 0.162. The summed E-state index contributed by atoms with van der Waals surface area (Å²) in [5.74, 6) is 0. The second-order valence-corrected chi connectivity index (χ2v) is 6.25. The number of aliphatic hydroxyl groups is 1. The highest BCUT2D eigenvalue weighted by molar-refractivity contribution is 7.09. The fourth-order valence-corrected chi connectivity index (χ4v) is 2.84. The summed E-state index contributed by atoms with van der Waals surface area (Å²) in [5, 5.41) is 18.1. The van der Waals surface area contributed by atoms with E-state index < -0.39 is 5.54 Å². The van der Waals surface area contributed by atoms with Crippen molar-refractivity contribution in [2.45, 2.75) is 58.5 Å². The zero-order valence-corrected chi connectivity index (χ0v) is 13.5. The number of thiazole rings is 1. The minimum absolute atomic E-state index is 0.0701. The van der Waals surface area contributed by atoms with E-state index in [0.29, 0.717) is 0 Å². The first-order valence-corrected chi connectivity index (χ1v) is 7.96. The monoisotopic (exact) mass is 299 g/mol. The number of amides is 2. The summed E-state index contributed by atoms with van der Waals surface area (Å²) in [5.41, 5.74) is 0.304. The lowest BCUT2D eigenvalue weighted by atomic mass is 9.97. The Morgan fingerprint density at radius 1 is 1.55 bits per heavy atom. The van der Waals surface area contributed by atoms with Gasteiger partial charge in [0.05, 0.1) is 28.9 Å². The van der Waals surface area contributed by atoms with E-state index >= 15 is 0 Å². The van der Waals surface area contributed by atoms with Gasteiger partial charge in [-0.15, -0.1) is 11.3 Å². The highest BCUT2D eigenvalue weighted by Crippen LogP contribution is 2.17. The quantitative estimate of drug-likeness (QED) is 0.724. The fraction of sp³-hybridized carbons (Fsp3) is 0.714. The van der Waals surface area contributed by atoms with Crippen LogP contribution in [0.15, 0.2) is 5.38 Å². The Hall–Kier alpha value is -1.14. The molecule has 0 saturated heterocycles. The number of aryl methyl sites for hydroxylation is 1. The minimum atomic E-state index is -0.574. The molecule has 5 nitrogen and oxygen atoms in total. The molecule has 0 saturated carbocycles. The Labute approximate surface area is 124 Å². The Balaban J connectivity index is 2.56. The molecule has 6 heteroatoms. The molecule has 114 valence electrons. The van der Waals surface area contributed by atoms with Crippen molar-refractivity contribution in [2.75, 3.05) is 6.61 Å². The van der Waals surface area contributed by atoms with Crippen LogP contribution < -0.4 is 10.6 Å². The molecule has 2 unspecified atom stereocenters. The van der Waals surface area contributed by atoms with E-state index in [0.717, 1.165) is 30.0 Å². The zero-order valence-electron chi connectivity index (χ0n) is 12.7. The number of nitrogens with zero attached hydrogens (tertiary/aromatic N) is 1. The second kappa shape index (κ2) is 7.59. The molecule has 2 amide bonds. The standard InChI is InChI=1S/C14H25N3O2S/c1-5-7-14(4,9-18)17-13(19)15-10(3)11-8-20-12(6-2)16-11/h8,10,18H,5-7,9H2,1-4H3,(H2,15,17,19). The first kappa shape index (κ1) is 16.9. The summed E-state index contributed by atoms with van der Waals surface area (Å²) >= 11 is 1.61. The van der Waals surface area contributed by atoms with E-state index in [9.17, 15) is 9.90 Å². The molecular formula is C14H25N3O2S. The number of carbonyl (C=O) groups is 1. The minimum Gasteiger partial charge on any atom is -0.394 e. The number of carbonyl (C=O) groups excluding carboxylic acids is 1. The van der Waals surface area contributed by atoms with E-state index in [1.807, 2.05) is 26.2 Å². The number of aliphatic hydroxyl groups excluding tert-OH is 1. The van der Waals surface area contributed by atoms with E-state index in [4.69, 9.17) is 0 Å². The van der Waals surface area contributed by atoms with Gasteiger partial charge < -0.3 is 15.7 Å². The molecule has 1 aromatic heterocycles. The molecular weight excluding hydrogens is 274 g/mol. The molecule has 2 atom stereocenters. The third-order valence-electron chi connectivity index (χ3n) is 3.23. The van der Waals surface area contributed by atoms with Crippen LogP contribution >= 0.6 is 11.3 Å². The number of urea groups is 1.